The second-order valence-corrected chi connectivity index (χ2v) is 9.72. The zero-order valence-corrected chi connectivity index (χ0v) is 22.7. The lowest BCUT2D eigenvalue weighted by Gasteiger charge is -2.20. The minimum atomic E-state index is -0.699. The Morgan fingerprint density at radius 3 is 2.59 bits per heavy atom. The van der Waals surface area contributed by atoms with E-state index >= 15 is 0 Å². The van der Waals surface area contributed by atoms with Crippen LogP contribution in [0.1, 0.15) is 43.7 Å². The van der Waals surface area contributed by atoms with Gasteiger partial charge in [0.15, 0.2) is 16.3 Å². The molecule has 4 aromatic rings. The van der Waals surface area contributed by atoms with Gasteiger partial charge in [-0.1, -0.05) is 47.7 Å². The first kappa shape index (κ1) is 26.2. The number of esters is 1. The summed E-state index contributed by atoms with van der Waals surface area (Å²) in [6, 6.07) is 18.3. The van der Waals surface area contributed by atoms with Crippen molar-refractivity contribution < 1.29 is 23.4 Å². The fraction of sp³-hybridized carbons (Fsp3) is 0.233. The Hall–Kier alpha value is -4.37. The highest BCUT2D eigenvalue weighted by Gasteiger charge is 2.32. The molecule has 0 fully saturated rings. The van der Waals surface area contributed by atoms with Crippen LogP contribution in [-0.2, 0) is 16.1 Å². The standard InChI is InChI=1S/C30H28N2O6S/c1-4-35-24-16-21(13-14-22(24)38-18-20-10-7-6-8-11-20)17-25-28(33)32-19(3)26(29(34)36-5-2)27(31-30(32)39-25)23-12-9-15-37-23/h6-17,27H,4-5,18H2,1-3H3/b25-17-/t27-/m0/s1. The van der Waals surface area contributed by atoms with Gasteiger partial charge in [0, 0.05) is 5.70 Å². The molecule has 2 aromatic heterocycles. The van der Waals surface area contributed by atoms with Crippen LogP contribution < -0.4 is 24.4 Å². The molecule has 1 aliphatic rings. The molecule has 5 rings (SSSR count). The van der Waals surface area contributed by atoms with Gasteiger partial charge in [-0.05, 0) is 62.2 Å². The Balaban J connectivity index is 1.54. The predicted octanol–water partition coefficient (Wildman–Crippen LogP) is 4.48. The van der Waals surface area contributed by atoms with Crippen molar-refractivity contribution in [3.8, 4) is 11.5 Å². The van der Waals surface area contributed by atoms with Gasteiger partial charge in [0.1, 0.15) is 18.4 Å². The van der Waals surface area contributed by atoms with Gasteiger partial charge in [-0.2, -0.15) is 0 Å². The van der Waals surface area contributed by atoms with E-state index in [1.54, 1.807) is 32.1 Å². The number of aromatic nitrogens is 1. The third kappa shape index (κ3) is 5.44. The van der Waals surface area contributed by atoms with Crippen LogP contribution in [0.4, 0.5) is 0 Å². The van der Waals surface area contributed by atoms with E-state index in [1.165, 1.54) is 22.2 Å². The molecule has 2 aromatic carbocycles. The van der Waals surface area contributed by atoms with Gasteiger partial charge in [0.2, 0.25) is 0 Å². The lowest BCUT2D eigenvalue weighted by atomic mass is 10.0. The van der Waals surface area contributed by atoms with Crippen molar-refractivity contribution >= 4 is 29.1 Å². The van der Waals surface area contributed by atoms with Crippen LogP contribution in [0.15, 0.2) is 86.7 Å². The highest BCUT2D eigenvalue weighted by atomic mass is 32.1. The van der Waals surface area contributed by atoms with Crippen molar-refractivity contribution in [1.29, 1.82) is 0 Å². The maximum absolute atomic E-state index is 13.5. The summed E-state index contributed by atoms with van der Waals surface area (Å²) in [4.78, 5) is 31.6. The van der Waals surface area contributed by atoms with Crippen molar-refractivity contribution in [1.82, 2.24) is 4.57 Å². The molecule has 0 radical (unpaired) electrons. The molecule has 8 nitrogen and oxygen atoms in total. The number of hydrogen-bond donors (Lipinski definition) is 0. The summed E-state index contributed by atoms with van der Waals surface area (Å²) in [7, 11) is 0. The van der Waals surface area contributed by atoms with Gasteiger partial charge >= 0.3 is 5.97 Å². The molecular weight excluding hydrogens is 516 g/mol. The first-order valence-corrected chi connectivity index (χ1v) is 13.5. The summed E-state index contributed by atoms with van der Waals surface area (Å²) >= 11 is 1.25. The minimum absolute atomic E-state index is 0.206. The number of thiazole rings is 1. The van der Waals surface area contributed by atoms with Crippen molar-refractivity contribution in [3.05, 3.63) is 109 Å². The quantitative estimate of drug-likeness (QED) is 0.289. The molecule has 0 spiro atoms. The zero-order valence-electron chi connectivity index (χ0n) is 21.9. The summed E-state index contributed by atoms with van der Waals surface area (Å²) in [6.45, 7) is 6.46. The minimum Gasteiger partial charge on any atom is -0.490 e. The van der Waals surface area contributed by atoms with Gasteiger partial charge in [-0.25, -0.2) is 9.79 Å². The Morgan fingerprint density at radius 1 is 1.05 bits per heavy atom. The van der Waals surface area contributed by atoms with E-state index in [1.807, 2.05) is 55.5 Å². The largest absolute Gasteiger partial charge is 0.490 e. The highest BCUT2D eigenvalue weighted by molar-refractivity contribution is 7.07. The summed E-state index contributed by atoms with van der Waals surface area (Å²) in [5, 5.41) is 0. The molecule has 1 atom stereocenters. The summed E-state index contributed by atoms with van der Waals surface area (Å²) in [6.07, 6.45) is 3.32. The number of carbonyl (C=O) groups excluding carboxylic acids is 1. The Morgan fingerprint density at radius 2 is 1.87 bits per heavy atom. The number of furan rings is 1. The van der Waals surface area contributed by atoms with Gasteiger partial charge in [-0.3, -0.25) is 9.36 Å². The molecule has 3 heterocycles. The Labute approximate surface area is 229 Å². The highest BCUT2D eigenvalue weighted by Crippen LogP contribution is 2.33. The third-order valence-corrected chi connectivity index (χ3v) is 7.14. The van der Waals surface area contributed by atoms with Crippen LogP contribution in [0.3, 0.4) is 0 Å². The Kier molecular flexibility index (Phi) is 7.79. The van der Waals surface area contributed by atoms with E-state index < -0.39 is 12.0 Å². The zero-order chi connectivity index (χ0) is 27.4. The van der Waals surface area contributed by atoms with E-state index in [4.69, 9.17) is 23.6 Å². The first-order chi connectivity index (χ1) is 19.0. The number of fused-ring (bicyclic) bond motifs is 1. The third-order valence-electron chi connectivity index (χ3n) is 6.16. The van der Waals surface area contributed by atoms with E-state index in [0.717, 1.165) is 11.1 Å². The van der Waals surface area contributed by atoms with Crippen LogP contribution >= 0.6 is 11.3 Å². The van der Waals surface area contributed by atoms with E-state index in [0.29, 0.717) is 45.5 Å². The van der Waals surface area contributed by atoms with Gasteiger partial charge < -0.3 is 18.6 Å². The van der Waals surface area contributed by atoms with E-state index in [9.17, 15) is 9.59 Å². The summed E-state index contributed by atoms with van der Waals surface area (Å²) in [5.74, 6) is 1.19. The van der Waals surface area contributed by atoms with Crippen LogP contribution in [0.25, 0.3) is 11.8 Å². The van der Waals surface area contributed by atoms with Gasteiger partial charge in [0.25, 0.3) is 5.56 Å². The monoisotopic (exact) mass is 544 g/mol. The average molecular weight is 545 g/mol. The molecule has 39 heavy (non-hydrogen) atoms. The van der Waals surface area contributed by atoms with Gasteiger partial charge in [0.05, 0.1) is 29.6 Å². The number of allylic oxidation sites excluding steroid dienone is 1. The molecule has 0 aliphatic carbocycles. The number of hydrogen-bond acceptors (Lipinski definition) is 8. The summed E-state index contributed by atoms with van der Waals surface area (Å²) in [5.41, 5.74) is 2.31. The topological polar surface area (TPSA) is 92.3 Å². The van der Waals surface area contributed by atoms with Gasteiger partial charge in [-0.15, -0.1) is 0 Å². The lowest BCUT2D eigenvalue weighted by molar-refractivity contribution is -0.138. The number of benzene rings is 2. The molecule has 0 amide bonds. The molecule has 0 unspecified atom stereocenters. The van der Waals surface area contributed by atoms with Crippen LogP contribution in [0.2, 0.25) is 0 Å². The molecule has 200 valence electrons. The molecule has 0 saturated carbocycles. The van der Waals surface area contributed by atoms with Crippen LogP contribution in [-0.4, -0.2) is 23.8 Å². The number of nitrogens with zero attached hydrogens (tertiary/aromatic N) is 2. The normalized spacial score (nSPS) is 15.1. The SMILES string of the molecule is CCOC(=O)C1=C(C)n2c(s/c(=C\c3ccc(OCc4ccccc4)c(OCC)c3)c2=O)=N[C@H]1c1ccco1. The summed E-state index contributed by atoms with van der Waals surface area (Å²) < 4.78 is 24.6. The van der Waals surface area contributed by atoms with Crippen molar-refractivity contribution in [2.45, 2.75) is 33.4 Å². The molecule has 0 N–H and O–H groups in total. The maximum atomic E-state index is 13.5. The fourth-order valence-electron chi connectivity index (χ4n) is 4.36. The van der Waals surface area contributed by atoms with Crippen LogP contribution in [0, 0.1) is 0 Å². The molecule has 9 heteroatoms. The fourth-order valence-corrected chi connectivity index (χ4v) is 5.40. The first-order valence-electron chi connectivity index (χ1n) is 12.7. The van der Waals surface area contributed by atoms with Crippen molar-refractivity contribution in [2.75, 3.05) is 13.2 Å². The Bertz CT molecular complexity index is 1680. The smallest absolute Gasteiger partial charge is 0.338 e. The average Bonchev–Trinajstić information content (AvgIpc) is 3.58. The second-order valence-electron chi connectivity index (χ2n) is 8.71. The predicted molar refractivity (Wildman–Crippen MR) is 148 cm³/mol. The lowest BCUT2D eigenvalue weighted by Crippen LogP contribution is -2.35. The van der Waals surface area contributed by atoms with Crippen molar-refractivity contribution in [3.63, 3.8) is 0 Å². The number of ether oxygens (including phenoxy) is 3. The van der Waals surface area contributed by atoms with E-state index in [2.05, 4.69) is 0 Å². The second kappa shape index (κ2) is 11.6. The molecular formula is C30H28N2O6S. The van der Waals surface area contributed by atoms with Crippen molar-refractivity contribution in [2.24, 2.45) is 4.99 Å². The van der Waals surface area contributed by atoms with Crippen LogP contribution in [0.5, 0.6) is 11.5 Å². The molecule has 0 saturated heterocycles. The van der Waals surface area contributed by atoms with E-state index in [-0.39, 0.29) is 17.7 Å². The maximum Gasteiger partial charge on any atom is 0.338 e. The molecule has 0 bridgehead atoms. The number of carbonyl (C=O) groups is 1. The molecule has 1 aliphatic heterocycles. The number of rotatable bonds is 9.